The third-order valence-corrected chi connectivity index (χ3v) is 4.89. The van der Waals surface area contributed by atoms with Crippen molar-refractivity contribution in [1.82, 2.24) is 4.90 Å². The monoisotopic (exact) mass is 357 g/mol. The molecule has 0 radical (unpaired) electrons. The molecule has 1 amide bonds. The van der Waals surface area contributed by atoms with Gasteiger partial charge in [-0.15, -0.1) is 0 Å². The van der Waals surface area contributed by atoms with Gasteiger partial charge in [-0.2, -0.15) is 0 Å². The van der Waals surface area contributed by atoms with Crippen LogP contribution < -0.4 is 5.43 Å². The maximum Gasteiger partial charge on any atom is 0.291 e. The van der Waals surface area contributed by atoms with Crippen molar-refractivity contribution in [3.05, 3.63) is 106 Å². The van der Waals surface area contributed by atoms with E-state index in [0.29, 0.717) is 22.3 Å². The maximum atomic E-state index is 13.2. The Balaban J connectivity index is 1.75. The minimum absolute atomic E-state index is 0.110. The number of benzene rings is 2. The lowest BCUT2D eigenvalue weighted by atomic mass is 9.98. The van der Waals surface area contributed by atoms with E-state index in [-0.39, 0.29) is 23.6 Å². The summed E-state index contributed by atoms with van der Waals surface area (Å²) in [5.41, 5.74) is 1.49. The van der Waals surface area contributed by atoms with Crippen molar-refractivity contribution in [3.8, 4) is 0 Å². The highest BCUT2D eigenvalue weighted by Gasteiger charge is 2.42. The summed E-state index contributed by atoms with van der Waals surface area (Å²) in [5.74, 6) is 0.450. The highest BCUT2D eigenvalue weighted by Crippen LogP contribution is 2.38. The van der Waals surface area contributed by atoms with E-state index in [4.69, 9.17) is 8.83 Å². The van der Waals surface area contributed by atoms with E-state index in [1.165, 1.54) is 0 Å². The normalized spacial score (nSPS) is 16.1. The summed E-state index contributed by atoms with van der Waals surface area (Å²) in [5, 5.41) is 0.477. The van der Waals surface area contributed by atoms with Gasteiger partial charge in [0, 0.05) is 0 Å². The van der Waals surface area contributed by atoms with Crippen molar-refractivity contribution in [2.45, 2.75) is 12.6 Å². The molecule has 1 aliphatic rings. The van der Waals surface area contributed by atoms with Crippen LogP contribution in [0.4, 0.5) is 0 Å². The van der Waals surface area contributed by atoms with Crippen LogP contribution in [0.25, 0.3) is 11.0 Å². The van der Waals surface area contributed by atoms with Gasteiger partial charge in [0.1, 0.15) is 11.3 Å². The van der Waals surface area contributed by atoms with Gasteiger partial charge in [0.25, 0.3) is 5.91 Å². The van der Waals surface area contributed by atoms with Crippen molar-refractivity contribution in [3.63, 3.8) is 0 Å². The minimum atomic E-state index is -0.514. The minimum Gasteiger partial charge on any atom is -0.467 e. The largest absolute Gasteiger partial charge is 0.467 e. The number of hydrogen-bond acceptors (Lipinski definition) is 4. The molecular formula is C22H15NO4. The van der Waals surface area contributed by atoms with Crippen LogP contribution in [-0.2, 0) is 6.54 Å². The summed E-state index contributed by atoms with van der Waals surface area (Å²) >= 11 is 0. The van der Waals surface area contributed by atoms with Gasteiger partial charge >= 0.3 is 0 Å². The highest BCUT2D eigenvalue weighted by atomic mass is 16.3. The molecule has 0 fully saturated rings. The molecule has 0 aliphatic carbocycles. The summed E-state index contributed by atoms with van der Waals surface area (Å²) < 4.78 is 11.3. The smallest absolute Gasteiger partial charge is 0.291 e. The Morgan fingerprint density at radius 3 is 2.44 bits per heavy atom. The van der Waals surface area contributed by atoms with E-state index >= 15 is 0 Å². The van der Waals surface area contributed by atoms with E-state index in [1.54, 1.807) is 41.5 Å². The first-order valence-corrected chi connectivity index (χ1v) is 8.68. The van der Waals surface area contributed by atoms with E-state index in [1.807, 2.05) is 36.4 Å². The molecule has 1 atom stereocenters. The summed E-state index contributed by atoms with van der Waals surface area (Å²) in [6, 6.07) is 19.6. The van der Waals surface area contributed by atoms with Gasteiger partial charge in [-0.3, -0.25) is 9.59 Å². The van der Waals surface area contributed by atoms with Crippen LogP contribution in [0.5, 0.6) is 0 Å². The number of nitrogens with zero attached hydrogens (tertiary/aromatic N) is 1. The topological polar surface area (TPSA) is 63.7 Å². The zero-order valence-corrected chi connectivity index (χ0v) is 14.3. The molecule has 0 bridgehead atoms. The Hall–Kier alpha value is -3.60. The van der Waals surface area contributed by atoms with Gasteiger partial charge in [0.05, 0.1) is 29.8 Å². The molecule has 3 heterocycles. The van der Waals surface area contributed by atoms with Crippen molar-refractivity contribution >= 4 is 16.9 Å². The second-order valence-electron chi connectivity index (χ2n) is 6.50. The van der Waals surface area contributed by atoms with Gasteiger partial charge in [-0.25, -0.2) is 0 Å². The number of carbonyl (C=O) groups is 1. The average molecular weight is 357 g/mol. The van der Waals surface area contributed by atoms with Crippen LogP contribution >= 0.6 is 0 Å². The molecule has 4 aromatic rings. The molecule has 0 saturated carbocycles. The first-order chi connectivity index (χ1) is 13.2. The van der Waals surface area contributed by atoms with Crippen LogP contribution in [0.2, 0.25) is 0 Å². The number of furan rings is 1. The van der Waals surface area contributed by atoms with E-state index in [2.05, 4.69) is 0 Å². The van der Waals surface area contributed by atoms with Crippen LogP contribution in [-0.4, -0.2) is 10.8 Å². The van der Waals surface area contributed by atoms with Gasteiger partial charge < -0.3 is 13.7 Å². The zero-order chi connectivity index (χ0) is 18.4. The van der Waals surface area contributed by atoms with Crippen molar-refractivity contribution in [2.24, 2.45) is 0 Å². The Labute approximate surface area is 154 Å². The van der Waals surface area contributed by atoms with Gasteiger partial charge in [0.15, 0.2) is 5.43 Å². The van der Waals surface area contributed by atoms with Crippen LogP contribution in [0.15, 0.2) is 86.6 Å². The molecular weight excluding hydrogens is 342 g/mol. The predicted molar refractivity (Wildman–Crippen MR) is 99.4 cm³/mol. The zero-order valence-electron chi connectivity index (χ0n) is 14.3. The fraction of sp³-hybridized carbons (Fsp3) is 0.0909. The van der Waals surface area contributed by atoms with Crippen LogP contribution in [0.1, 0.15) is 33.5 Å². The lowest BCUT2D eigenvalue weighted by Crippen LogP contribution is -2.29. The Bertz CT molecular complexity index is 1190. The predicted octanol–water partition coefficient (Wildman–Crippen LogP) is 4.13. The number of rotatable bonds is 3. The van der Waals surface area contributed by atoms with Crippen LogP contribution in [0.3, 0.4) is 0 Å². The second-order valence-corrected chi connectivity index (χ2v) is 6.50. The Morgan fingerprint density at radius 2 is 1.67 bits per heavy atom. The molecule has 1 aliphatic heterocycles. The second kappa shape index (κ2) is 5.99. The maximum absolute atomic E-state index is 13.2. The molecule has 0 saturated heterocycles. The first kappa shape index (κ1) is 15.6. The lowest BCUT2D eigenvalue weighted by molar-refractivity contribution is 0.0701. The van der Waals surface area contributed by atoms with Crippen molar-refractivity contribution < 1.29 is 13.6 Å². The molecule has 27 heavy (non-hydrogen) atoms. The summed E-state index contributed by atoms with van der Waals surface area (Å²) in [4.78, 5) is 28.0. The molecule has 132 valence electrons. The van der Waals surface area contributed by atoms with Gasteiger partial charge in [-0.1, -0.05) is 42.5 Å². The van der Waals surface area contributed by atoms with Crippen molar-refractivity contribution in [2.75, 3.05) is 0 Å². The molecule has 5 nitrogen and oxygen atoms in total. The molecule has 5 rings (SSSR count). The number of hydrogen-bond donors (Lipinski definition) is 0. The third kappa shape index (κ3) is 2.39. The molecule has 2 aromatic heterocycles. The van der Waals surface area contributed by atoms with E-state index in [0.717, 1.165) is 5.56 Å². The first-order valence-electron chi connectivity index (χ1n) is 8.68. The highest BCUT2D eigenvalue weighted by molar-refractivity contribution is 5.99. The molecule has 0 unspecified atom stereocenters. The van der Waals surface area contributed by atoms with E-state index < -0.39 is 6.04 Å². The number of carbonyl (C=O) groups excluding carboxylic acids is 1. The van der Waals surface area contributed by atoms with Crippen LogP contribution in [0, 0.1) is 0 Å². The summed E-state index contributed by atoms with van der Waals surface area (Å²) in [6.45, 7) is 0.255. The fourth-order valence-corrected chi connectivity index (χ4v) is 3.68. The lowest BCUT2D eigenvalue weighted by Gasteiger charge is -2.24. The van der Waals surface area contributed by atoms with Gasteiger partial charge in [-0.05, 0) is 29.8 Å². The third-order valence-electron chi connectivity index (χ3n) is 4.89. The molecule has 0 spiro atoms. The summed E-state index contributed by atoms with van der Waals surface area (Å²) in [7, 11) is 0. The van der Waals surface area contributed by atoms with Gasteiger partial charge in [0.2, 0.25) is 5.76 Å². The number of para-hydroxylation sites is 1. The Kier molecular flexibility index (Phi) is 3.47. The summed E-state index contributed by atoms with van der Waals surface area (Å²) in [6.07, 6.45) is 1.57. The molecule has 0 N–H and O–H groups in total. The quantitative estimate of drug-likeness (QED) is 0.553. The SMILES string of the molecule is O=C1c2oc3ccccc3c(=O)c2[C@H](c2ccccc2)N1Cc1ccco1. The molecule has 2 aromatic carbocycles. The van der Waals surface area contributed by atoms with E-state index in [9.17, 15) is 9.59 Å². The fourth-order valence-electron chi connectivity index (χ4n) is 3.68. The Morgan fingerprint density at radius 1 is 0.889 bits per heavy atom. The number of fused-ring (bicyclic) bond motifs is 2. The molecule has 5 heteroatoms. The average Bonchev–Trinajstić information content (AvgIpc) is 3.31. The number of amides is 1. The van der Waals surface area contributed by atoms with Crippen molar-refractivity contribution in [1.29, 1.82) is 0 Å². The standard InChI is InChI=1S/C22H15NO4/c24-20-16-10-4-5-11-17(16)27-21-18(20)19(14-7-2-1-3-8-14)23(22(21)25)13-15-9-6-12-26-15/h1-12,19H,13H2/t19-/m0/s1.